The van der Waals surface area contributed by atoms with E-state index in [1.54, 1.807) is 4.90 Å². The van der Waals surface area contributed by atoms with Gasteiger partial charge in [-0.15, -0.1) is 11.3 Å². The van der Waals surface area contributed by atoms with Gasteiger partial charge in [-0.1, -0.05) is 29.8 Å². The second-order valence-electron chi connectivity index (χ2n) is 6.35. The molecule has 1 saturated heterocycles. The first-order valence-electron chi connectivity index (χ1n) is 8.42. The molecule has 0 spiro atoms. The highest BCUT2D eigenvalue weighted by Gasteiger charge is 2.28. The molecule has 2 amide bonds. The van der Waals surface area contributed by atoms with Gasteiger partial charge in [0.15, 0.2) is 5.13 Å². The van der Waals surface area contributed by atoms with Crippen LogP contribution < -0.4 is 5.32 Å². The third-order valence-electron chi connectivity index (χ3n) is 4.47. The monoisotopic (exact) mass is 393 g/mol. The van der Waals surface area contributed by atoms with Gasteiger partial charge in [-0.05, 0) is 31.4 Å². The van der Waals surface area contributed by atoms with E-state index in [9.17, 15) is 9.59 Å². The number of amides is 2. The molecule has 0 bridgehead atoms. The molecule has 1 unspecified atom stereocenters. The SMILES string of the molecule is Cc1nc(NC(=O)N2CCCC(C(=O)O)C2)sc1Cc1ccccc1Cl. The number of nitrogens with one attached hydrogen (secondary N) is 1. The van der Waals surface area contributed by atoms with Gasteiger partial charge in [0.1, 0.15) is 0 Å². The predicted molar refractivity (Wildman–Crippen MR) is 102 cm³/mol. The number of thiazole rings is 1. The summed E-state index contributed by atoms with van der Waals surface area (Å²) >= 11 is 7.64. The summed E-state index contributed by atoms with van der Waals surface area (Å²) in [4.78, 5) is 30.6. The number of carboxylic acid groups (broad SMARTS) is 1. The number of carbonyl (C=O) groups excluding carboxylic acids is 1. The summed E-state index contributed by atoms with van der Waals surface area (Å²) in [5, 5.41) is 13.2. The number of urea groups is 1. The van der Waals surface area contributed by atoms with Gasteiger partial charge in [-0.25, -0.2) is 9.78 Å². The molecule has 1 aliphatic heterocycles. The lowest BCUT2D eigenvalue weighted by Crippen LogP contribution is -2.44. The molecule has 1 aromatic carbocycles. The summed E-state index contributed by atoms with van der Waals surface area (Å²) < 4.78 is 0. The number of carboxylic acids is 1. The molecule has 0 saturated carbocycles. The second kappa shape index (κ2) is 8.05. The Hall–Kier alpha value is -2.12. The van der Waals surface area contributed by atoms with Crippen molar-refractivity contribution < 1.29 is 14.7 Å². The van der Waals surface area contributed by atoms with Crippen LogP contribution in [0, 0.1) is 12.8 Å². The largest absolute Gasteiger partial charge is 0.481 e. The van der Waals surface area contributed by atoms with Crippen molar-refractivity contribution in [2.75, 3.05) is 18.4 Å². The van der Waals surface area contributed by atoms with Gasteiger partial charge in [-0.3, -0.25) is 10.1 Å². The van der Waals surface area contributed by atoms with Gasteiger partial charge in [0.2, 0.25) is 0 Å². The fraction of sp³-hybridized carbons (Fsp3) is 0.389. The third kappa shape index (κ3) is 4.34. The fourth-order valence-electron chi connectivity index (χ4n) is 2.99. The van der Waals surface area contributed by atoms with Gasteiger partial charge >= 0.3 is 12.0 Å². The number of carbonyl (C=O) groups is 2. The minimum Gasteiger partial charge on any atom is -0.481 e. The van der Waals surface area contributed by atoms with E-state index in [4.69, 9.17) is 16.7 Å². The van der Waals surface area contributed by atoms with Gasteiger partial charge in [0.05, 0.1) is 11.6 Å². The van der Waals surface area contributed by atoms with Crippen LogP contribution in [0.25, 0.3) is 0 Å². The Morgan fingerprint density at radius 1 is 1.42 bits per heavy atom. The van der Waals surface area contributed by atoms with Crippen LogP contribution in [0.1, 0.15) is 29.0 Å². The number of aliphatic carboxylic acids is 1. The highest BCUT2D eigenvalue weighted by atomic mass is 35.5. The molecule has 6 nitrogen and oxygen atoms in total. The van der Waals surface area contributed by atoms with E-state index in [0.29, 0.717) is 36.0 Å². The lowest BCUT2D eigenvalue weighted by atomic mass is 9.99. The van der Waals surface area contributed by atoms with Gasteiger partial charge in [-0.2, -0.15) is 0 Å². The molecule has 3 rings (SSSR count). The highest BCUT2D eigenvalue weighted by molar-refractivity contribution is 7.15. The summed E-state index contributed by atoms with van der Waals surface area (Å²) in [5.74, 6) is -1.35. The van der Waals surface area contributed by atoms with E-state index in [2.05, 4.69) is 10.3 Å². The fourth-order valence-corrected chi connectivity index (χ4v) is 4.17. The van der Waals surface area contributed by atoms with Gasteiger partial charge in [0.25, 0.3) is 0 Å². The molecule has 2 aromatic rings. The molecule has 2 heterocycles. The minimum absolute atomic E-state index is 0.234. The summed E-state index contributed by atoms with van der Waals surface area (Å²) in [5.41, 5.74) is 1.87. The Morgan fingerprint density at radius 3 is 2.92 bits per heavy atom. The first-order chi connectivity index (χ1) is 12.4. The smallest absolute Gasteiger partial charge is 0.323 e. The van der Waals surface area contributed by atoms with Crippen LogP contribution in [0.3, 0.4) is 0 Å². The quantitative estimate of drug-likeness (QED) is 0.821. The van der Waals surface area contributed by atoms with Crippen LogP contribution >= 0.6 is 22.9 Å². The standard InChI is InChI=1S/C18H20ClN3O3S/c1-11-15(9-12-5-2-3-7-14(12)19)26-17(20-11)21-18(25)22-8-4-6-13(10-22)16(23)24/h2-3,5,7,13H,4,6,8-10H2,1H3,(H,23,24)(H,20,21,25). The summed E-state index contributed by atoms with van der Waals surface area (Å²) in [6.07, 6.45) is 1.96. The van der Waals surface area contributed by atoms with E-state index in [-0.39, 0.29) is 12.6 Å². The Bertz CT molecular complexity index is 824. The van der Waals surface area contributed by atoms with Crippen LogP contribution in [0.15, 0.2) is 24.3 Å². The lowest BCUT2D eigenvalue weighted by molar-refractivity contribution is -0.143. The molecule has 1 aliphatic rings. The lowest BCUT2D eigenvalue weighted by Gasteiger charge is -2.30. The summed E-state index contributed by atoms with van der Waals surface area (Å²) in [7, 11) is 0. The number of benzene rings is 1. The number of rotatable bonds is 4. The Labute approximate surface area is 160 Å². The van der Waals surface area contributed by atoms with Crippen molar-refractivity contribution in [1.82, 2.24) is 9.88 Å². The summed E-state index contributed by atoms with van der Waals surface area (Å²) in [6.45, 7) is 2.70. The molecule has 1 atom stereocenters. The molecule has 0 aliphatic carbocycles. The van der Waals surface area contributed by atoms with Crippen LogP contribution in [0.4, 0.5) is 9.93 Å². The number of hydrogen-bond donors (Lipinski definition) is 2. The van der Waals surface area contributed by atoms with Crippen molar-refractivity contribution in [3.05, 3.63) is 45.4 Å². The van der Waals surface area contributed by atoms with Crippen LogP contribution in [0.5, 0.6) is 0 Å². The van der Waals surface area contributed by atoms with Crippen LogP contribution in [0.2, 0.25) is 5.02 Å². The van der Waals surface area contributed by atoms with E-state index < -0.39 is 11.9 Å². The molecule has 26 heavy (non-hydrogen) atoms. The maximum atomic E-state index is 12.4. The molecule has 2 N–H and O–H groups in total. The number of halogens is 1. The zero-order valence-electron chi connectivity index (χ0n) is 14.4. The molecule has 138 valence electrons. The first kappa shape index (κ1) is 18.7. The normalized spacial score (nSPS) is 17.2. The Morgan fingerprint density at radius 2 is 2.19 bits per heavy atom. The Kier molecular flexibility index (Phi) is 5.78. The van der Waals surface area contributed by atoms with E-state index in [1.165, 1.54) is 11.3 Å². The molecule has 8 heteroatoms. The van der Waals surface area contributed by atoms with Crippen molar-refractivity contribution in [3.8, 4) is 0 Å². The first-order valence-corrected chi connectivity index (χ1v) is 9.62. The average molecular weight is 394 g/mol. The van der Waals surface area contributed by atoms with E-state index in [0.717, 1.165) is 16.1 Å². The minimum atomic E-state index is -0.852. The molecular formula is C18H20ClN3O3S. The third-order valence-corrected chi connectivity index (χ3v) is 5.91. The number of aromatic nitrogens is 1. The number of likely N-dealkylation sites (tertiary alicyclic amines) is 1. The average Bonchev–Trinajstić information content (AvgIpc) is 2.96. The van der Waals surface area contributed by atoms with E-state index >= 15 is 0 Å². The molecular weight excluding hydrogens is 374 g/mol. The maximum Gasteiger partial charge on any atom is 0.323 e. The highest BCUT2D eigenvalue weighted by Crippen LogP contribution is 2.28. The molecule has 1 fully saturated rings. The molecule has 1 aromatic heterocycles. The van der Waals surface area contributed by atoms with Crippen molar-refractivity contribution in [2.45, 2.75) is 26.2 Å². The zero-order valence-corrected chi connectivity index (χ0v) is 15.9. The number of aryl methyl sites for hydroxylation is 1. The topological polar surface area (TPSA) is 82.5 Å². The van der Waals surface area contributed by atoms with Crippen molar-refractivity contribution >= 4 is 40.1 Å². The van der Waals surface area contributed by atoms with E-state index in [1.807, 2.05) is 31.2 Å². The van der Waals surface area contributed by atoms with Crippen LogP contribution in [-0.4, -0.2) is 40.1 Å². The van der Waals surface area contributed by atoms with Crippen molar-refractivity contribution in [2.24, 2.45) is 5.92 Å². The Balaban J connectivity index is 1.66. The van der Waals surface area contributed by atoms with Crippen molar-refractivity contribution in [3.63, 3.8) is 0 Å². The van der Waals surface area contributed by atoms with Gasteiger partial charge in [0, 0.05) is 29.4 Å². The molecule has 0 radical (unpaired) electrons. The number of nitrogens with zero attached hydrogens (tertiary/aromatic N) is 2. The number of anilines is 1. The predicted octanol–water partition coefficient (Wildman–Crippen LogP) is 4.02. The van der Waals surface area contributed by atoms with Gasteiger partial charge < -0.3 is 10.0 Å². The zero-order chi connectivity index (χ0) is 18.7. The number of hydrogen-bond acceptors (Lipinski definition) is 4. The maximum absolute atomic E-state index is 12.4. The van der Waals surface area contributed by atoms with Crippen LogP contribution in [-0.2, 0) is 11.2 Å². The van der Waals surface area contributed by atoms with Crippen molar-refractivity contribution in [1.29, 1.82) is 0 Å². The number of piperidine rings is 1. The summed E-state index contributed by atoms with van der Waals surface area (Å²) in [6, 6.07) is 7.36. The second-order valence-corrected chi connectivity index (χ2v) is 7.84.